The Bertz CT molecular complexity index is 2260. The molecule has 3 aromatic heterocycles. The summed E-state index contributed by atoms with van der Waals surface area (Å²) >= 11 is 0. The third-order valence-electron chi connectivity index (χ3n) is 8.90. The lowest BCUT2D eigenvalue weighted by molar-refractivity contribution is 0.477. The first kappa shape index (κ1) is 31.3. The molecule has 0 saturated heterocycles. The average Bonchev–Trinajstić information content (AvgIpc) is 3.47. The molecule has 0 radical (unpaired) electrons. The minimum atomic E-state index is -1.68. The molecule has 0 bridgehead atoms. The molecule has 0 aliphatic rings. The van der Waals surface area contributed by atoms with Crippen LogP contribution < -0.4 is 5.19 Å². The quantitative estimate of drug-likeness (QED) is 0.183. The van der Waals surface area contributed by atoms with Gasteiger partial charge >= 0.3 is 0 Å². The molecule has 5 nitrogen and oxygen atoms in total. The molecule has 6 heteroatoms. The minimum Gasteiger partial charge on any atom is -0.507 e. The van der Waals surface area contributed by atoms with Crippen molar-refractivity contribution in [1.29, 1.82) is 0 Å². The second-order valence-corrected chi connectivity index (χ2v) is 19.5. The SMILES string of the molecule is CC(C)(C)c1cc(-c2cc(-c3ccccc3)c([Si](C)(C)C)cn2)cc(-c2nccc3c2nc(-c2ccccc2O)n3-c2ccccc2)c1. The summed E-state index contributed by atoms with van der Waals surface area (Å²) in [6, 6.07) is 39.1. The van der Waals surface area contributed by atoms with Crippen molar-refractivity contribution in [2.24, 2.45) is 0 Å². The van der Waals surface area contributed by atoms with Crippen molar-refractivity contribution in [2.75, 3.05) is 0 Å². The Morgan fingerprint density at radius 3 is 2.02 bits per heavy atom. The van der Waals surface area contributed by atoms with E-state index in [9.17, 15) is 5.11 Å². The van der Waals surface area contributed by atoms with Crippen LogP contribution in [0.2, 0.25) is 19.6 Å². The van der Waals surface area contributed by atoms with Gasteiger partial charge in [0.2, 0.25) is 0 Å². The zero-order chi connectivity index (χ0) is 33.6. The number of aromatic nitrogens is 4. The fourth-order valence-electron chi connectivity index (χ4n) is 6.31. The van der Waals surface area contributed by atoms with Gasteiger partial charge in [-0.25, -0.2) is 4.98 Å². The Labute approximate surface area is 283 Å². The maximum Gasteiger partial charge on any atom is 0.149 e. The number of para-hydroxylation sites is 2. The van der Waals surface area contributed by atoms with Crippen molar-refractivity contribution in [1.82, 2.24) is 19.5 Å². The Morgan fingerprint density at radius 1 is 0.667 bits per heavy atom. The first-order valence-corrected chi connectivity index (χ1v) is 19.9. The summed E-state index contributed by atoms with van der Waals surface area (Å²) in [6.07, 6.45) is 3.96. The number of rotatable bonds is 6. The zero-order valence-corrected chi connectivity index (χ0v) is 29.4. The molecule has 1 N–H and O–H groups in total. The van der Waals surface area contributed by atoms with Gasteiger partial charge in [-0.2, -0.15) is 0 Å². The summed E-state index contributed by atoms with van der Waals surface area (Å²) in [5.74, 6) is 0.838. The van der Waals surface area contributed by atoms with Crippen LogP contribution in [0.1, 0.15) is 26.3 Å². The fraction of sp³-hybridized carbons (Fsp3) is 0.167. The van der Waals surface area contributed by atoms with E-state index in [2.05, 4.69) is 118 Å². The van der Waals surface area contributed by atoms with Crippen molar-refractivity contribution < 1.29 is 5.11 Å². The van der Waals surface area contributed by atoms with Crippen molar-refractivity contribution >= 4 is 24.3 Å². The number of fused-ring (bicyclic) bond motifs is 1. The summed E-state index contributed by atoms with van der Waals surface area (Å²) in [5, 5.41) is 12.3. The number of phenols is 1. The highest BCUT2D eigenvalue weighted by atomic mass is 28.3. The Balaban J connectivity index is 1.48. The molecule has 0 fully saturated rings. The van der Waals surface area contributed by atoms with E-state index in [0.717, 1.165) is 39.2 Å². The highest BCUT2D eigenvalue weighted by molar-refractivity contribution is 6.89. The van der Waals surface area contributed by atoms with Crippen LogP contribution in [-0.2, 0) is 5.41 Å². The molecule has 0 saturated carbocycles. The van der Waals surface area contributed by atoms with Gasteiger partial charge in [0.25, 0.3) is 0 Å². The average molecular weight is 645 g/mol. The summed E-state index contributed by atoms with van der Waals surface area (Å²) in [7, 11) is -1.68. The van der Waals surface area contributed by atoms with Gasteiger partial charge in [0.1, 0.15) is 17.1 Å². The standard InChI is InChI=1S/C42H40N4OSi/c1-42(2,3)31-24-29(35-26-34(28-15-9-7-10-16-28)38(27-44-35)48(4,5)6)23-30(25-31)39-40-36(21-22-43-39)46(32-17-11-8-12-18-32)41(45-40)33-19-13-14-20-37(33)47/h7-27,47H,1-6H3. The monoisotopic (exact) mass is 644 g/mol. The van der Waals surface area contributed by atoms with Gasteiger partial charge in [-0.3, -0.25) is 14.5 Å². The van der Waals surface area contributed by atoms with Crippen molar-refractivity contribution in [2.45, 2.75) is 45.8 Å². The Hall–Kier alpha value is -5.33. The molecule has 0 aliphatic heterocycles. The third kappa shape index (κ3) is 5.84. The first-order valence-electron chi connectivity index (χ1n) is 16.4. The van der Waals surface area contributed by atoms with E-state index in [0.29, 0.717) is 11.4 Å². The van der Waals surface area contributed by atoms with Crippen molar-refractivity contribution in [3.63, 3.8) is 0 Å². The van der Waals surface area contributed by atoms with Gasteiger partial charge in [0, 0.05) is 29.2 Å². The molecular formula is C42H40N4OSi. The molecule has 0 atom stereocenters. The minimum absolute atomic E-state index is 0.121. The molecule has 4 aromatic carbocycles. The van der Waals surface area contributed by atoms with Crippen molar-refractivity contribution in [3.8, 4) is 56.5 Å². The van der Waals surface area contributed by atoms with Gasteiger partial charge in [0.05, 0.1) is 30.5 Å². The van der Waals surface area contributed by atoms with Crippen molar-refractivity contribution in [3.05, 3.63) is 133 Å². The molecule has 7 rings (SSSR count). The number of nitrogens with zero attached hydrogens (tertiary/aromatic N) is 4. The van der Waals surface area contributed by atoms with Gasteiger partial charge in [-0.1, -0.05) is 101 Å². The molecule has 7 aromatic rings. The molecule has 0 unspecified atom stereocenters. The van der Waals surface area contributed by atoms with E-state index in [-0.39, 0.29) is 11.2 Å². The maximum absolute atomic E-state index is 10.9. The highest BCUT2D eigenvalue weighted by Crippen LogP contribution is 2.39. The second-order valence-electron chi connectivity index (χ2n) is 14.4. The van der Waals surface area contributed by atoms with Crippen LogP contribution in [0.25, 0.3) is 61.8 Å². The summed E-state index contributed by atoms with van der Waals surface area (Å²) in [5.41, 5.74) is 10.6. The summed E-state index contributed by atoms with van der Waals surface area (Å²) < 4.78 is 2.10. The van der Waals surface area contributed by atoms with Crippen LogP contribution in [0.15, 0.2) is 128 Å². The second kappa shape index (κ2) is 12.0. The van der Waals surface area contributed by atoms with E-state index in [1.54, 1.807) is 6.07 Å². The van der Waals surface area contributed by atoms with Gasteiger partial charge in [-0.05, 0) is 81.9 Å². The van der Waals surface area contributed by atoms with Gasteiger partial charge < -0.3 is 5.11 Å². The van der Waals surface area contributed by atoms with E-state index in [4.69, 9.17) is 15.0 Å². The number of hydrogen-bond acceptors (Lipinski definition) is 4. The number of hydrogen-bond donors (Lipinski definition) is 1. The summed E-state index contributed by atoms with van der Waals surface area (Å²) in [6.45, 7) is 13.8. The van der Waals surface area contributed by atoms with Crippen LogP contribution in [0.4, 0.5) is 0 Å². The highest BCUT2D eigenvalue weighted by Gasteiger charge is 2.25. The zero-order valence-electron chi connectivity index (χ0n) is 28.4. The largest absolute Gasteiger partial charge is 0.507 e. The van der Waals surface area contributed by atoms with E-state index in [1.165, 1.54) is 21.9 Å². The topological polar surface area (TPSA) is 63.8 Å². The van der Waals surface area contributed by atoms with Crippen LogP contribution in [0.5, 0.6) is 5.75 Å². The van der Waals surface area contributed by atoms with E-state index >= 15 is 0 Å². The molecular weight excluding hydrogens is 605 g/mol. The molecule has 0 spiro atoms. The van der Waals surface area contributed by atoms with E-state index < -0.39 is 8.07 Å². The lowest BCUT2D eigenvalue weighted by Gasteiger charge is -2.23. The Morgan fingerprint density at radius 2 is 1.33 bits per heavy atom. The molecule has 0 amide bonds. The maximum atomic E-state index is 10.9. The van der Waals surface area contributed by atoms with Crippen LogP contribution in [0.3, 0.4) is 0 Å². The van der Waals surface area contributed by atoms with Gasteiger partial charge in [0.15, 0.2) is 0 Å². The molecule has 0 aliphatic carbocycles. The first-order chi connectivity index (χ1) is 23.0. The van der Waals surface area contributed by atoms with Crippen LogP contribution >= 0.6 is 0 Å². The Kier molecular flexibility index (Phi) is 7.84. The van der Waals surface area contributed by atoms with E-state index in [1.807, 2.05) is 48.7 Å². The predicted molar refractivity (Wildman–Crippen MR) is 202 cm³/mol. The number of imidazole rings is 1. The normalized spacial score (nSPS) is 12.0. The number of phenolic OH excluding ortho intramolecular Hbond substituents is 1. The van der Waals surface area contributed by atoms with Crippen LogP contribution in [0, 0.1) is 0 Å². The van der Waals surface area contributed by atoms with Gasteiger partial charge in [-0.15, -0.1) is 0 Å². The number of benzene rings is 4. The lowest BCUT2D eigenvalue weighted by atomic mass is 9.84. The smallest absolute Gasteiger partial charge is 0.149 e. The predicted octanol–water partition coefficient (Wildman–Crippen LogP) is 10.0. The lowest BCUT2D eigenvalue weighted by Crippen LogP contribution is -2.39. The molecule has 3 heterocycles. The summed E-state index contributed by atoms with van der Waals surface area (Å²) in [4.78, 5) is 15.3. The third-order valence-corrected chi connectivity index (χ3v) is 10.9. The number of aromatic hydroxyl groups is 1. The molecule has 48 heavy (non-hydrogen) atoms. The van der Waals surface area contributed by atoms with Crippen LogP contribution in [-0.4, -0.2) is 32.7 Å². The fourth-order valence-corrected chi connectivity index (χ4v) is 7.79. The molecule has 238 valence electrons. The number of pyridine rings is 2.